The number of nitrogens with zero attached hydrogens (tertiary/aromatic N) is 3. The number of aromatic carboxylic acids is 1. The molecule has 0 spiro atoms. The molecule has 2 aromatic heterocycles. The Hall–Kier alpha value is -2.69. The molecule has 2 fully saturated rings. The van der Waals surface area contributed by atoms with E-state index in [0.717, 1.165) is 41.0 Å². The van der Waals surface area contributed by atoms with Gasteiger partial charge in [0.25, 0.3) is 0 Å². The number of carboxylic acid groups (broad SMARTS) is 1. The molecule has 5 nitrogen and oxygen atoms in total. The largest absolute Gasteiger partial charge is 0.478 e. The zero-order valence-corrected chi connectivity index (χ0v) is 14.6. The summed E-state index contributed by atoms with van der Waals surface area (Å²) in [7, 11) is 0. The highest BCUT2D eigenvalue weighted by Crippen LogP contribution is 2.40. The first-order valence-electron chi connectivity index (χ1n) is 9.43. The number of carbonyl (C=O) groups is 1. The molecule has 0 unspecified atom stereocenters. The highest BCUT2D eigenvalue weighted by Gasteiger charge is 2.27. The second kappa shape index (κ2) is 5.94. The SMILES string of the molecule is O=C(O)c1ccc(-c2ccnc3cc(C4CC4)nn23)cc1C1CCCC1. The van der Waals surface area contributed by atoms with Crippen LogP contribution < -0.4 is 0 Å². The standard InChI is InChI=1S/C21H21N3O2/c25-21(26)16-8-7-15(11-17(16)13-3-1-2-4-13)19-9-10-22-20-12-18(14-5-6-14)23-24(19)20/h7-14H,1-6H2,(H,25,26). The van der Waals surface area contributed by atoms with Crippen molar-refractivity contribution in [3.63, 3.8) is 0 Å². The van der Waals surface area contributed by atoms with E-state index in [1.165, 1.54) is 25.7 Å². The molecule has 5 heteroatoms. The second-order valence-corrected chi connectivity index (χ2v) is 7.53. The van der Waals surface area contributed by atoms with Crippen LogP contribution in [0.1, 0.15) is 72.0 Å². The predicted octanol–water partition coefficient (Wildman–Crippen LogP) is 4.63. The van der Waals surface area contributed by atoms with Crippen LogP contribution in [0.15, 0.2) is 36.5 Å². The van der Waals surface area contributed by atoms with Crippen molar-refractivity contribution in [2.75, 3.05) is 0 Å². The lowest BCUT2D eigenvalue weighted by Gasteiger charge is -2.15. The van der Waals surface area contributed by atoms with Crippen molar-refractivity contribution in [3.05, 3.63) is 53.3 Å². The molecule has 0 bridgehead atoms. The normalized spacial score (nSPS) is 17.8. The Labute approximate surface area is 151 Å². The van der Waals surface area contributed by atoms with Crippen LogP contribution in [0.2, 0.25) is 0 Å². The third-order valence-corrected chi connectivity index (χ3v) is 5.75. The fourth-order valence-corrected chi connectivity index (χ4v) is 4.20. The molecule has 26 heavy (non-hydrogen) atoms. The smallest absolute Gasteiger partial charge is 0.335 e. The van der Waals surface area contributed by atoms with E-state index in [1.54, 1.807) is 6.07 Å². The van der Waals surface area contributed by atoms with Gasteiger partial charge in [0.05, 0.1) is 17.0 Å². The summed E-state index contributed by atoms with van der Waals surface area (Å²) in [6.45, 7) is 0. The fourth-order valence-electron chi connectivity index (χ4n) is 4.20. The van der Waals surface area contributed by atoms with Crippen LogP contribution in [0.3, 0.4) is 0 Å². The molecule has 0 amide bonds. The summed E-state index contributed by atoms with van der Waals surface area (Å²) in [6, 6.07) is 9.75. The molecule has 0 aliphatic heterocycles. The molecule has 2 heterocycles. The van der Waals surface area contributed by atoms with Crippen molar-refractivity contribution in [2.45, 2.75) is 50.4 Å². The van der Waals surface area contributed by atoms with Crippen molar-refractivity contribution in [2.24, 2.45) is 0 Å². The summed E-state index contributed by atoms with van der Waals surface area (Å²) in [6.07, 6.45) is 8.72. The maximum Gasteiger partial charge on any atom is 0.335 e. The van der Waals surface area contributed by atoms with Crippen molar-refractivity contribution in [3.8, 4) is 11.3 Å². The van der Waals surface area contributed by atoms with Crippen LogP contribution in [0.25, 0.3) is 16.9 Å². The van der Waals surface area contributed by atoms with E-state index >= 15 is 0 Å². The fraction of sp³-hybridized carbons (Fsp3) is 0.381. The van der Waals surface area contributed by atoms with Gasteiger partial charge in [-0.2, -0.15) is 5.10 Å². The molecule has 132 valence electrons. The number of carboxylic acids is 1. The Morgan fingerprint density at radius 1 is 1.04 bits per heavy atom. The summed E-state index contributed by atoms with van der Waals surface area (Å²) in [5.41, 5.74) is 5.35. The lowest BCUT2D eigenvalue weighted by Crippen LogP contribution is -2.06. The van der Waals surface area contributed by atoms with Crippen molar-refractivity contribution < 1.29 is 9.90 Å². The molecule has 2 aliphatic rings. The molecule has 1 N–H and O–H groups in total. The molecule has 0 radical (unpaired) electrons. The summed E-state index contributed by atoms with van der Waals surface area (Å²) < 4.78 is 1.90. The summed E-state index contributed by atoms with van der Waals surface area (Å²) >= 11 is 0. The molecule has 0 saturated heterocycles. The van der Waals surface area contributed by atoms with Gasteiger partial charge in [-0.3, -0.25) is 0 Å². The molecule has 0 atom stereocenters. The van der Waals surface area contributed by atoms with Gasteiger partial charge in [-0.25, -0.2) is 14.3 Å². The maximum absolute atomic E-state index is 11.7. The number of benzene rings is 1. The maximum atomic E-state index is 11.7. The van der Waals surface area contributed by atoms with Gasteiger partial charge in [-0.1, -0.05) is 18.9 Å². The minimum absolute atomic E-state index is 0.345. The minimum Gasteiger partial charge on any atom is -0.478 e. The summed E-state index contributed by atoms with van der Waals surface area (Å²) in [5.74, 6) is 0.0828. The van der Waals surface area contributed by atoms with Gasteiger partial charge < -0.3 is 5.11 Å². The van der Waals surface area contributed by atoms with Crippen molar-refractivity contribution in [1.29, 1.82) is 0 Å². The Morgan fingerprint density at radius 3 is 2.58 bits per heavy atom. The highest BCUT2D eigenvalue weighted by atomic mass is 16.4. The van der Waals surface area contributed by atoms with E-state index in [1.807, 2.05) is 22.8 Å². The molecular formula is C21H21N3O2. The number of hydrogen-bond donors (Lipinski definition) is 1. The van der Waals surface area contributed by atoms with Gasteiger partial charge in [0.15, 0.2) is 5.65 Å². The molecule has 2 saturated carbocycles. The lowest BCUT2D eigenvalue weighted by molar-refractivity contribution is 0.0695. The quantitative estimate of drug-likeness (QED) is 0.747. The molecule has 2 aliphatic carbocycles. The van der Waals surface area contributed by atoms with Gasteiger partial charge >= 0.3 is 5.97 Å². The monoisotopic (exact) mass is 347 g/mol. The van der Waals surface area contributed by atoms with E-state index < -0.39 is 5.97 Å². The van der Waals surface area contributed by atoms with Gasteiger partial charge in [-0.15, -0.1) is 0 Å². The molecule has 3 aromatic rings. The number of hydrogen-bond acceptors (Lipinski definition) is 3. The van der Waals surface area contributed by atoms with Crippen LogP contribution in [0.4, 0.5) is 0 Å². The first-order valence-corrected chi connectivity index (χ1v) is 9.43. The summed E-state index contributed by atoms with van der Waals surface area (Å²) in [5, 5.41) is 14.4. The second-order valence-electron chi connectivity index (χ2n) is 7.53. The Bertz CT molecular complexity index is 998. The first kappa shape index (κ1) is 15.6. The van der Waals surface area contributed by atoms with Gasteiger partial charge in [-0.05, 0) is 55.4 Å². The molecule has 5 rings (SSSR count). The van der Waals surface area contributed by atoms with Crippen molar-refractivity contribution in [1.82, 2.24) is 14.6 Å². The highest BCUT2D eigenvalue weighted by molar-refractivity contribution is 5.90. The average Bonchev–Trinajstić information content (AvgIpc) is 3.18. The Kier molecular flexibility index (Phi) is 3.55. The lowest BCUT2D eigenvalue weighted by atomic mass is 9.90. The third kappa shape index (κ3) is 2.59. The first-order chi connectivity index (χ1) is 12.7. The topological polar surface area (TPSA) is 67.5 Å². The zero-order valence-electron chi connectivity index (χ0n) is 14.6. The van der Waals surface area contributed by atoms with E-state index in [2.05, 4.69) is 17.1 Å². The number of aromatic nitrogens is 3. The zero-order chi connectivity index (χ0) is 17.7. The number of fused-ring (bicyclic) bond motifs is 1. The predicted molar refractivity (Wildman–Crippen MR) is 98.6 cm³/mol. The van der Waals surface area contributed by atoms with Crippen LogP contribution in [0, 0.1) is 0 Å². The van der Waals surface area contributed by atoms with Gasteiger partial charge in [0.2, 0.25) is 0 Å². The van der Waals surface area contributed by atoms with Crippen LogP contribution in [0.5, 0.6) is 0 Å². The van der Waals surface area contributed by atoms with Crippen LogP contribution in [-0.2, 0) is 0 Å². The minimum atomic E-state index is -0.839. The van der Waals surface area contributed by atoms with Crippen LogP contribution in [-0.4, -0.2) is 25.7 Å². The van der Waals surface area contributed by atoms with E-state index in [0.29, 0.717) is 17.4 Å². The van der Waals surface area contributed by atoms with E-state index in [-0.39, 0.29) is 0 Å². The Morgan fingerprint density at radius 2 is 1.85 bits per heavy atom. The number of rotatable bonds is 4. The summed E-state index contributed by atoms with van der Waals surface area (Å²) in [4.78, 5) is 16.1. The molecule has 1 aromatic carbocycles. The van der Waals surface area contributed by atoms with Crippen molar-refractivity contribution >= 4 is 11.6 Å². The Balaban J connectivity index is 1.64. The van der Waals surface area contributed by atoms with Gasteiger partial charge in [0.1, 0.15) is 0 Å². The third-order valence-electron chi connectivity index (χ3n) is 5.75. The van der Waals surface area contributed by atoms with Crippen LogP contribution >= 0.6 is 0 Å². The average molecular weight is 347 g/mol. The van der Waals surface area contributed by atoms with E-state index in [4.69, 9.17) is 5.10 Å². The van der Waals surface area contributed by atoms with Gasteiger partial charge in [0, 0.05) is 23.7 Å². The molecular weight excluding hydrogens is 326 g/mol. The van der Waals surface area contributed by atoms with E-state index in [9.17, 15) is 9.90 Å².